The van der Waals surface area contributed by atoms with Gasteiger partial charge >= 0.3 is 0 Å². The molecule has 0 spiro atoms. The van der Waals surface area contributed by atoms with Crippen molar-refractivity contribution in [3.05, 3.63) is 0 Å². The van der Waals surface area contributed by atoms with Crippen molar-refractivity contribution in [3.63, 3.8) is 0 Å². The summed E-state index contributed by atoms with van der Waals surface area (Å²) in [5, 5.41) is 0. The topological polar surface area (TPSA) is 34.1 Å². The summed E-state index contributed by atoms with van der Waals surface area (Å²) in [5.41, 5.74) is -0.0892. The summed E-state index contributed by atoms with van der Waals surface area (Å²) in [5.74, 6) is 0.183. The Kier molecular flexibility index (Phi) is 4.62. The molecule has 0 aliphatic carbocycles. The van der Waals surface area contributed by atoms with Crippen molar-refractivity contribution in [3.8, 4) is 0 Å². The first kappa shape index (κ1) is 11.8. The van der Waals surface area contributed by atoms with Gasteiger partial charge in [-0.25, -0.2) is 0 Å². The van der Waals surface area contributed by atoms with Gasteiger partial charge in [-0.1, -0.05) is 27.7 Å². The van der Waals surface area contributed by atoms with Gasteiger partial charge < -0.3 is 0 Å². The zero-order chi connectivity index (χ0) is 9.78. The molecule has 0 radical (unpaired) electrons. The van der Waals surface area contributed by atoms with E-state index < -0.39 is 0 Å². The quantitative estimate of drug-likeness (QED) is 0.634. The van der Waals surface area contributed by atoms with E-state index in [9.17, 15) is 9.59 Å². The number of hydrogen-bond acceptors (Lipinski definition) is 2. The maximum Gasteiger partial charge on any atom is 0.151 e. The van der Waals surface area contributed by atoms with Crippen molar-refractivity contribution in [2.45, 2.75) is 34.1 Å². The molecule has 0 saturated heterocycles. The molecule has 0 fully saturated rings. The Balaban J connectivity index is 3.81. The lowest BCUT2D eigenvalue weighted by molar-refractivity contribution is -0.123. The molecular weight excluding hydrogens is 171 g/mol. The Morgan fingerprint density at radius 1 is 1.25 bits per heavy atom. The maximum absolute atomic E-state index is 11.3. The minimum absolute atomic E-state index is 0.171. The highest BCUT2D eigenvalue weighted by atomic mass is 31.1. The Labute approximate surface area is 75.9 Å². The first-order chi connectivity index (χ1) is 5.38. The molecule has 0 rings (SSSR count). The molecule has 3 heteroatoms. The molecular formula is C9H17O2P. The van der Waals surface area contributed by atoms with Crippen LogP contribution in [0.2, 0.25) is 0 Å². The summed E-state index contributed by atoms with van der Waals surface area (Å²) >= 11 is 0. The van der Waals surface area contributed by atoms with Crippen LogP contribution in [0.3, 0.4) is 0 Å². The lowest BCUT2D eigenvalue weighted by atomic mass is 9.92. The molecule has 2 nitrogen and oxygen atoms in total. The van der Waals surface area contributed by atoms with Gasteiger partial charge in [0.05, 0.1) is 0 Å². The zero-order valence-corrected chi connectivity index (χ0v) is 9.23. The third kappa shape index (κ3) is 4.61. The van der Waals surface area contributed by atoms with E-state index in [-0.39, 0.29) is 25.3 Å². The summed E-state index contributed by atoms with van der Waals surface area (Å²) in [6.45, 7) is 7.49. The van der Waals surface area contributed by atoms with Gasteiger partial charge in [0.15, 0.2) is 5.52 Å². The van der Waals surface area contributed by atoms with Crippen LogP contribution >= 0.6 is 8.58 Å². The molecule has 0 aromatic heterocycles. The van der Waals surface area contributed by atoms with E-state index in [2.05, 4.69) is 0 Å². The van der Waals surface area contributed by atoms with Crippen LogP contribution in [-0.4, -0.2) is 17.5 Å². The number of hydrogen-bond donors (Lipinski definition) is 0. The van der Waals surface area contributed by atoms with Crippen LogP contribution < -0.4 is 0 Å². The molecule has 0 bridgehead atoms. The van der Waals surface area contributed by atoms with Gasteiger partial charge in [-0.15, -0.1) is 0 Å². The molecule has 0 aromatic rings. The fourth-order valence-electron chi connectivity index (χ4n) is 0.569. The summed E-state index contributed by atoms with van der Waals surface area (Å²) < 4.78 is 0. The summed E-state index contributed by atoms with van der Waals surface area (Å²) in [6.07, 6.45) is 0.978. The highest BCUT2D eigenvalue weighted by molar-refractivity contribution is 7.58. The van der Waals surface area contributed by atoms with Crippen molar-refractivity contribution in [1.82, 2.24) is 0 Å². The fraction of sp³-hybridized carbons (Fsp3) is 0.778. The Hall–Kier alpha value is -0.230. The van der Waals surface area contributed by atoms with Gasteiger partial charge in [-0.2, -0.15) is 0 Å². The second-order valence-corrected chi connectivity index (χ2v) is 5.07. The molecule has 0 aliphatic heterocycles. The van der Waals surface area contributed by atoms with Gasteiger partial charge in [0, 0.05) is 18.0 Å². The first-order valence-electron chi connectivity index (χ1n) is 4.18. The van der Waals surface area contributed by atoms with Crippen molar-refractivity contribution < 1.29 is 9.59 Å². The minimum Gasteiger partial charge on any atom is -0.299 e. The fourth-order valence-corrected chi connectivity index (χ4v) is 1.71. The van der Waals surface area contributed by atoms with Crippen molar-refractivity contribution in [1.29, 1.82) is 0 Å². The van der Waals surface area contributed by atoms with Crippen molar-refractivity contribution >= 4 is 19.9 Å². The van der Waals surface area contributed by atoms with E-state index in [0.29, 0.717) is 12.6 Å². The predicted octanol–water partition coefficient (Wildman–Crippen LogP) is 2.22. The number of carbonyl (C=O) groups is 2. The Morgan fingerprint density at radius 3 is 2.08 bits per heavy atom. The monoisotopic (exact) mass is 188 g/mol. The van der Waals surface area contributed by atoms with Crippen molar-refractivity contribution in [2.24, 2.45) is 5.41 Å². The van der Waals surface area contributed by atoms with Gasteiger partial charge in [-0.3, -0.25) is 9.59 Å². The number of rotatable bonds is 4. The second-order valence-electron chi connectivity index (χ2n) is 3.80. The number of carbonyl (C=O) groups excluding carboxylic acids is 2. The lowest BCUT2D eigenvalue weighted by Crippen LogP contribution is -2.22. The summed E-state index contributed by atoms with van der Waals surface area (Å²) in [6, 6.07) is 0. The van der Waals surface area contributed by atoms with E-state index in [1.54, 1.807) is 0 Å². The summed E-state index contributed by atoms with van der Waals surface area (Å²) in [4.78, 5) is 22.2. The van der Waals surface area contributed by atoms with Crippen LogP contribution in [0.25, 0.3) is 0 Å². The second kappa shape index (κ2) is 4.71. The standard InChI is InChI=1S/C9H17O2P/c1-5-8(11)12-6-7(10)9(2,3)4/h12H,5-6H2,1-4H3. The van der Waals surface area contributed by atoms with Crippen LogP contribution in [-0.2, 0) is 9.59 Å². The minimum atomic E-state index is -0.291. The van der Waals surface area contributed by atoms with E-state index in [0.717, 1.165) is 0 Å². The average molecular weight is 188 g/mol. The van der Waals surface area contributed by atoms with E-state index in [1.807, 2.05) is 27.7 Å². The molecule has 0 N–H and O–H groups in total. The molecule has 1 atom stereocenters. The summed E-state index contributed by atoms with van der Waals surface area (Å²) in [7, 11) is 0.171. The van der Waals surface area contributed by atoms with E-state index >= 15 is 0 Å². The van der Waals surface area contributed by atoms with Gasteiger partial charge in [0.1, 0.15) is 5.78 Å². The van der Waals surface area contributed by atoms with Crippen molar-refractivity contribution in [2.75, 3.05) is 6.16 Å². The van der Waals surface area contributed by atoms with E-state index in [4.69, 9.17) is 0 Å². The molecule has 0 aromatic carbocycles. The first-order valence-corrected chi connectivity index (χ1v) is 5.38. The highest BCUT2D eigenvalue weighted by Gasteiger charge is 2.20. The van der Waals surface area contributed by atoms with Crippen LogP contribution in [0.4, 0.5) is 0 Å². The molecule has 0 heterocycles. The zero-order valence-electron chi connectivity index (χ0n) is 8.23. The van der Waals surface area contributed by atoms with Gasteiger partial charge in [-0.05, 0) is 8.58 Å². The highest BCUT2D eigenvalue weighted by Crippen LogP contribution is 2.21. The van der Waals surface area contributed by atoms with Crippen LogP contribution in [0.15, 0.2) is 0 Å². The molecule has 0 aliphatic rings. The average Bonchev–Trinajstić information content (AvgIpc) is 1.97. The van der Waals surface area contributed by atoms with Gasteiger partial charge in [0.25, 0.3) is 0 Å². The molecule has 0 amide bonds. The SMILES string of the molecule is CCC(=O)PCC(=O)C(C)(C)C. The number of Topliss-reactive ketones (excluding diaryl/α,β-unsaturated/α-hetero) is 1. The van der Waals surface area contributed by atoms with Gasteiger partial charge in [0.2, 0.25) is 0 Å². The number of ketones is 1. The van der Waals surface area contributed by atoms with E-state index in [1.165, 1.54) is 0 Å². The normalized spacial score (nSPS) is 12.3. The lowest BCUT2D eigenvalue weighted by Gasteiger charge is -2.15. The Bertz CT molecular complexity index is 179. The molecule has 1 unspecified atom stereocenters. The predicted molar refractivity (Wildman–Crippen MR) is 52.9 cm³/mol. The molecule has 12 heavy (non-hydrogen) atoms. The maximum atomic E-state index is 11.3. The van der Waals surface area contributed by atoms with Crippen LogP contribution in [0, 0.1) is 5.41 Å². The Morgan fingerprint density at radius 2 is 1.75 bits per heavy atom. The largest absolute Gasteiger partial charge is 0.299 e. The third-order valence-electron chi connectivity index (χ3n) is 1.60. The molecule has 0 saturated carbocycles. The smallest absolute Gasteiger partial charge is 0.151 e. The molecule has 70 valence electrons. The third-order valence-corrected chi connectivity index (χ3v) is 2.85. The van der Waals surface area contributed by atoms with Crippen LogP contribution in [0.1, 0.15) is 34.1 Å². The van der Waals surface area contributed by atoms with Crippen LogP contribution in [0.5, 0.6) is 0 Å².